The van der Waals surface area contributed by atoms with Crippen molar-refractivity contribution in [2.24, 2.45) is 0 Å². The average molecular weight is 419 g/mol. The van der Waals surface area contributed by atoms with Crippen molar-refractivity contribution in [1.82, 2.24) is 0 Å². The van der Waals surface area contributed by atoms with E-state index in [0.29, 0.717) is 17.0 Å². The Morgan fingerprint density at radius 3 is 2.43 bits per heavy atom. The zero-order valence-electron chi connectivity index (χ0n) is 16.7. The molecule has 0 heterocycles. The summed E-state index contributed by atoms with van der Waals surface area (Å²) >= 11 is 6.45. The summed E-state index contributed by atoms with van der Waals surface area (Å²) in [5, 5.41) is 12.3. The number of anilines is 1. The number of hydrogen-bond donors (Lipinski definition) is 1. The first kappa shape index (κ1) is 21.3. The van der Waals surface area contributed by atoms with E-state index in [9.17, 15) is 14.4 Å². The molecule has 0 bridgehead atoms. The molecule has 0 atom stereocenters. The molecule has 3 rings (SSSR count). The van der Waals surface area contributed by atoms with Gasteiger partial charge in [-0.25, -0.2) is 4.39 Å². The van der Waals surface area contributed by atoms with Crippen LogP contribution in [0, 0.1) is 31.0 Å². The van der Waals surface area contributed by atoms with Crippen LogP contribution in [-0.2, 0) is 11.2 Å². The van der Waals surface area contributed by atoms with Crippen molar-refractivity contribution in [3.63, 3.8) is 0 Å². The van der Waals surface area contributed by atoms with Gasteiger partial charge in [-0.3, -0.25) is 4.79 Å². The van der Waals surface area contributed by atoms with Crippen molar-refractivity contribution in [3.8, 4) is 6.07 Å². The van der Waals surface area contributed by atoms with Crippen molar-refractivity contribution in [2.75, 3.05) is 5.32 Å². The largest absolute Gasteiger partial charge is 0.319 e. The van der Waals surface area contributed by atoms with Gasteiger partial charge in [0.05, 0.1) is 5.69 Å². The van der Waals surface area contributed by atoms with E-state index >= 15 is 0 Å². The molecule has 0 unspecified atom stereocenters. The maximum Gasteiger partial charge on any atom is 0.266 e. The summed E-state index contributed by atoms with van der Waals surface area (Å²) < 4.78 is 13.7. The van der Waals surface area contributed by atoms with Crippen LogP contribution in [0.4, 0.5) is 10.1 Å². The molecule has 3 aromatic carbocycles. The van der Waals surface area contributed by atoms with E-state index in [0.717, 1.165) is 5.56 Å². The summed E-state index contributed by atoms with van der Waals surface area (Å²) in [4.78, 5) is 12.4. The molecule has 3 aromatic rings. The molecule has 0 radical (unpaired) electrons. The first-order chi connectivity index (χ1) is 14.4. The zero-order chi connectivity index (χ0) is 21.7. The van der Waals surface area contributed by atoms with Gasteiger partial charge in [-0.15, -0.1) is 0 Å². The topological polar surface area (TPSA) is 52.9 Å². The number of halogens is 2. The molecule has 3 nitrogen and oxygen atoms in total. The highest BCUT2D eigenvalue weighted by Gasteiger charge is 2.12. The molecule has 1 amide bonds. The number of carbonyl (C=O) groups is 1. The Hall–Kier alpha value is -3.42. The molecular formula is C25H20ClFN2O. The second kappa shape index (κ2) is 9.39. The van der Waals surface area contributed by atoms with E-state index in [1.807, 2.05) is 12.1 Å². The van der Waals surface area contributed by atoms with Crippen molar-refractivity contribution < 1.29 is 9.18 Å². The molecule has 0 aromatic heterocycles. The monoisotopic (exact) mass is 418 g/mol. The molecule has 1 N–H and O–H groups in total. The second-order valence-electron chi connectivity index (χ2n) is 7.13. The summed E-state index contributed by atoms with van der Waals surface area (Å²) in [7, 11) is 0. The third kappa shape index (κ3) is 5.34. The van der Waals surface area contributed by atoms with Crippen LogP contribution in [-0.4, -0.2) is 5.91 Å². The summed E-state index contributed by atoms with van der Waals surface area (Å²) in [5.41, 5.74) is 5.00. The molecule has 150 valence electrons. The van der Waals surface area contributed by atoms with Gasteiger partial charge >= 0.3 is 0 Å². The summed E-state index contributed by atoms with van der Waals surface area (Å²) in [6.07, 6.45) is 2.12. The van der Waals surface area contributed by atoms with Crippen LogP contribution in [0.3, 0.4) is 0 Å². The number of aryl methyl sites for hydroxylation is 2. The smallest absolute Gasteiger partial charge is 0.266 e. The number of carbonyl (C=O) groups excluding carboxylic acids is 1. The molecule has 0 saturated carbocycles. The number of benzene rings is 3. The van der Waals surface area contributed by atoms with Crippen molar-refractivity contribution in [2.45, 2.75) is 20.3 Å². The molecule has 0 aliphatic heterocycles. The maximum atomic E-state index is 13.7. The lowest BCUT2D eigenvalue weighted by molar-refractivity contribution is -0.112. The van der Waals surface area contributed by atoms with Crippen LogP contribution in [0.2, 0.25) is 5.02 Å². The van der Waals surface area contributed by atoms with E-state index in [-0.39, 0.29) is 11.3 Å². The molecule has 5 heteroatoms. The van der Waals surface area contributed by atoms with Gasteiger partial charge in [-0.05, 0) is 61.2 Å². The van der Waals surface area contributed by atoms with Gasteiger partial charge in [-0.2, -0.15) is 5.26 Å². The van der Waals surface area contributed by atoms with Gasteiger partial charge in [0.25, 0.3) is 5.91 Å². The number of rotatable bonds is 5. The van der Waals surface area contributed by atoms with Gasteiger partial charge < -0.3 is 5.32 Å². The van der Waals surface area contributed by atoms with Gasteiger partial charge in [0.15, 0.2) is 0 Å². The predicted octanol–water partition coefficient (Wildman–Crippen LogP) is 6.23. The Bertz CT molecular complexity index is 1160. The highest BCUT2D eigenvalue weighted by atomic mass is 35.5. The van der Waals surface area contributed by atoms with E-state index < -0.39 is 11.7 Å². The Morgan fingerprint density at radius 2 is 1.80 bits per heavy atom. The van der Waals surface area contributed by atoms with E-state index in [2.05, 4.69) is 37.4 Å². The van der Waals surface area contributed by atoms with Gasteiger partial charge in [0.2, 0.25) is 0 Å². The quantitative estimate of drug-likeness (QED) is 0.394. The number of nitrogens with zero attached hydrogens (tertiary/aromatic N) is 1. The zero-order valence-corrected chi connectivity index (χ0v) is 17.4. The number of hydrogen-bond acceptors (Lipinski definition) is 2. The van der Waals surface area contributed by atoms with Crippen molar-refractivity contribution in [3.05, 3.63) is 105 Å². The van der Waals surface area contributed by atoms with E-state index in [1.165, 1.54) is 41.0 Å². The van der Waals surface area contributed by atoms with Crippen LogP contribution in [0.15, 0.2) is 66.2 Å². The third-order valence-electron chi connectivity index (χ3n) is 4.55. The van der Waals surface area contributed by atoms with Crippen LogP contribution in [0.25, 0.3) is 6.08 Å². The van der Waals surface area contributed by atoms with Crippen LogP contribution < -0.4 is 5.32 Å². The minimum Gasteiger partial charge on any atom is -0.319 e. The number of nitriles is 1. The lowest BCUT2D eigenvalue weighted by atomic mass is 9.99. The normalized spacial score (nSPS) is 11.1. The minimum atomic E-state index is -0.682. The maximum absolute atomic E-state index is 13.7. The molecular weight excluding hydrogens is 399 g/mol. The Labute approximate surface area is 180 Å². The predicted molar refractivity (Wildman–Crippen MR) is 119 cm³/mol. The molecule has 0 aliphatic rings. The highest BCUT2D eigenvalue weighted by Crippen LogP contribution is 2.24. The lowest BCUT2D eigenvalue weighted by Gasteiger charge is -2.09. The standard InChI is InChI=1S/C25H20ClFN2O/c1-16-9-17(2)11-19(10-16)13-20-8-7-18(14-22(20)26)12-21(15-28)25(30)29-24-6-4-3-5-23(24)27/h3-12,14H,13H2,1-2H3,(H,29,30)/b21-12+. The number of amides is 1. The molecule has 30 heavy (non-hydrogen) atoms. The van der Waals surface area contributed by atoms with Crippen molar-refractivity contribution >= 4 is 29.3 Å². The van der Waals surface area contributed by atoms with Crippen LogP contribution in [0.1, 0.15) is 27.8 Å². The fourth-order valence-corrected chi connectivity index (χ4v) is 3.51. The molecule has 0 aliphatic carbocycles. The number of nitrogens with one attached hydrogen (secondary N) is 1. The SMILES string of the molecule is Cc1cc(C)cc(Cc2ccc(/C=C(\C#N)C(=O)Nc3ccccc3F)cc2Cl)c1. The summed E-state index contributed by atoms with van der Waals surface area (Å²) in [5.74, 6) is -1.25. The number of para-hydroxylation sites is 1. The Kier molecular flexibility index (Phi) is 6.66. The molecule has 0 fully saturated rings. The fraction of sp³-hybridized carbons (Fsp3) is 0.120. The van der Waals surface area contributed by atoms with E-state index in [4.69, 9.17) is 11.6 Å². The van der Waals surface area contributed by atoms with Gasteiger partial charge in [-0.1, -0.05) is 65.2 Å². The highest BCUT2D eigenvalue weighted by molar-refractivity contribution is 6.31. The van der Waals surface area contributed by atoms with Crippen LogP contribution in [0.5, 0.6) is 0 Å². The summed E-state index contributed by atoms with van der Waals surface area (Å²) in [6.45, 7) is 4.11. The first-order valence-corrected chi connectivity index (χ1v) is 9.77. The van der Waals surface area contributed by atoms with Crippen molar-refractivity contribution in [1.29, 1.82) is 5.26 Å². The molecule has 0 spiro atoms. The Balaban J connectivity index is 1.80. The lowest BCUT2D eigenvalue weighted by Crippen LogP contribution is -2.14. The molecule has 0 saturated heterocycles. The fourth-order valence-electron chi connectivity index (χ4n) is 3.26. The van der Waals surface area contributed by atoms with Gasteiger partial charge in [0.1, 0.15) is 17.5 Å². The Morgan fingerprint density at radius 1 is 1.10 bits per heavy atom. The first-order valence-electron chi connectivity index (χ1n) is 9.39. The van der Waals surface area contributed by atoms with Gasteiger partial charge in [0, 0.05) is 5.02 Å². The average Bonchev–Trinajstić information content (AvgIpc) is 2.69. The minimum absolute atomic E-state index is 0.0190. The van der Waals surface area contributed by atoms with E-state index in [1.54, 1.807) is 18.2 Å². The van der Waals surface area contributed by atoms with Crippen LogP contribution >= 0.6 is 11.6 Å². The second-order valence-corrected chi connectivity index (χ2v) is 7.53. The third-order valence-corrected chi connectivity index (χ3v) is 4.90. The summed E-state index contributed by atoms with van der Waals surface area (Å²) in [6, 6.07) is 19.4.